The number of hydrogen-bond acceptors (Lipinski definition) is 4. The third-order valence-electron chi connectivity index (χ3n) is 3.07. The van der Waals surface area contributed by atoms with Crippen molar-refractivity contribution in [2.24, 2.45) is 0 Å². The predicted octanol–water partition coefficient (Wildman–Crippen LogP) is 2.82. The SMILES string of the molecule is COC(=O)c1cc2scc(C3=CCOCC3)c2[nH]1. The summed E-state index contributed by atoms with van der Waals surface area (Å²) in [5.41, 5.74) is 3.99. The summed E-state index contributed by atoms with van der Waals surface area (Å²) in [5, 5.41) is 2.12. The first kappa shape index (κ1) is 11.5. The lowest BCUT2D eigenvalue weighted by Gasteiger charge is -2.12. The Labute approximate surface area is 108 Å². The average molecular weight is 263 g/mol. The van der Waals surface area contributed by atoms with Crippen molar-refractivity contribution in [3.63, 3.8) is 0 Å². The van der Waals surface area contributed by atoms with Crippen LogP contribution in [0.3, 0.4) is 0 Å². The van der Waals surface area contributed by atoms with Gasteiger partial charge >= 0.3 is 5.97 Å². The summed E-state index contributed by atoms with van der Waals surface area (Å²) in [7, 11) is 1.39. The molecule has 1 aliphatic rings. The topological polar surface area (TPSA) is 51.3 Å². The number of aromatic amines is 1. The highest BCUT2D eigenvalue weighted by Crippen LogP contribution is 2.33. The van der Waals surface area contributed by atoms with Crippen LogP contribution in [0.15, 0.2) is 17.5 Å². The van der Waals surface area contributed by atoms with Crippen molar-refractivity contribution in [2.45, 2.75) is 6.42 Å². The van der Waals surface area contributed by atoms with E-state index in [9.17, 15) is 4.79 Å². The highest BCUT2D eigenvalue weighted by Gasteiger charge is 2.16. The monoisotopic (exact) mass is 263 g/mol. The number of nitrogens with one attached hydrogen (secondary N) is 1. The van der Waals surface area contributed by atoms with Crippen LogP contribution in [0.4, 0.5) is 0 Å². The highest BCUT2D eigenvalue weighted by molar-refractivity contribution is 7.17. The molecule has 0 amide bonds. The summed E-state index contributed by atoms with van der Waals surface area (Å²) < 4.78 is 11.1. The van der Waals surface area contributed by atoms with E-state index in [1.54, 1.807) is 11.3 Å². The normalized spacial score (nSPS) is 15.7. The van der Waals surface area contributed by atoms with E-state index in [2.05, 4.69) is 16.4 Å². The molecule has 0 saturated heterocycles. The molecule has 0 atom stereocenters. The molecule has 2 aromatic rings. The van der Waals surface area contributed by atoms with Gasteiger partial charge in [0.05, 0.1) is 30.5 Å². The second-order valence-corrected chi connectivity index (χ2v) is 5.03. The molecule has 0 unspecified atom stereocenters. The molecule has 0 radical (unpaired) electrons. The standard InChI is InChI=1S/C13H13NO3S/c1-16-13(15)10-6-11-12(14-10)9(7-18-11)8-2-4-17-5-3-8/h2,6-7,14H,3-5H2,1H3. The lowest BCUT2D eigenvalue weighted by atomic mass is 10.0. The third-order valence-corrected chi connectivity index (χ3v) is 4.00. The van der Waals surface area contributed by atoms with E-state index in [0.717, 1.165) is 23.2 Å². The lowest BCUT2D eigenvalue weighted by Crippen LogP contribution is -2.03. The largest absolute Gasteiger partial charge is 0.464 e. The number of ether oxygens (including phenoxy) is 2. The van der Waals surface area contributed by atoms with Gasteiger partial charge < -0.3 is 14.5 Å². The third kappa shape index (κ3) is 1.85. The van der Waals surface area contributed by atoms with E-state index in [1.807, 2.05) is 6.07 Å². The van der Waals surface area contributed by atoms with Gasteiger partial charge in [-0.05, 0) is 18.1 Å². The van der Waals surface area contributed by atoms with Crippen LogP contribution < -0.4 is 0 Å². The number of aromatic nitrogens is 1. The second-order valence-electron chi connectivity index (χ2n) is 4.12. The fraction of sp³-hybridized carbons (Fsp3) is 0.308. The van der Waals surface area contributed by atoms with Gasteiger partial charge in [0.15, 0.2) is 0 Å². The van der Waals surface area contributed by atoms with Crippen molar-refractivity contribution in [2.75, 3.05) is 20.3 Å². The van der Waals surface area contributed by atoms with E-state index in [1.165, 1.54) is 18.2 Å². The minimum atomic E-state index is -0.328. The van der Waals surface area contributed by atoms with E-state index in [-0.39, 0.29) is 5.97 Å². The number of esters is 1. The fourth-order valence-electron chi connectivity index (χ4n) is 2.14. The van der Waals surface area contributed by atoms with Gasteiger partial charge in [-0.3, -0.25) is 0 Å². The molecule has 18 heavy (non-hydrogen) atoms. The number of fused-ring (bicyclic) bond motifs is 1. The van der Waals surface area contributed by atoms with Crippen molar-refractivity contribution in [1.82, 2.24) is 4.98 Å². The quantitative estimate of drug-likeness (QED) is 0.848. The van der Waals surface area contributed by atoms with Crippen molar-refractivity contribution in [3.8, 4) is 0 Å². The number of carbonyl (C=O) groups is 1. The van der Waals surface area contributed by atoms with Gasteiger partial charge in [0, 0.05) is 10.9 Å². The molecule has 3 heterocycles. The average Bonchev–Trinajstić information content (AvgIpc) is 2.98. The second kappa shape index (κ2) is 4.59. The van der Waals surface area contributed by atoms with Gasteiger partial charge in [0.1, 0.15) is 5.69 Å². The first-order valence-corrected chi connectivity index (χ1v) is 6.63. The Bertz CT molecular complexity index is 623. The van der Waals surface area contributed by atoms with Crippen molar-refractivity contribution in [1.29, 1.82) is 0 Å². The van der Waals surface area contributed by atoms with Crippen LogP contribution in [0.2, 0.25) is 0 Å². The maximum absolute atomic E-state index is 11.5. The van der Waals surface area contributed by atoms with Gasteiger partial charge in [0.2, 0.25) is 0 Å². The number of thiophene rings is 1. The Morgan fingerprint density at radius 1 is 1.56 bits per heavy atom. The Morgan fingerprint density at radius 2 is 2.44 bits per heavy atom. The molecule has 4 nitrogen and oxygen atoms in total. The predicted molar refractivity (Wildman–Crippen MR) is 70.9 cm³/mol. The molecule has 3 rings (SSSR count). The molecule has 0 spiro atoms. The molecule has 5 heteroatoms. The summed E-state index contributed by atoms with van der Waals surface area (Å²) in [6.07, 6.45) is 3.02. The van der Waals surface area contributed by atoms with Crippen LogP contribution >= 0.6 is 11.3 Å². The fourth-order valence-corrected chi connectivity index (χ4v) is 3.12. The van der Waals surface area contributed by atoms with Crippen LogP contribution in [0, 0.1) is 0 Å². The van der Waals surface area contributed by atoms with Crippen LogP contribution in [0.25, 0.3) is 15.8 Å². The van der Waals surface area contributed by atoms with Crippen LogP contribution in [-0.2, 0) is 9.47 Å². The Kier molecular flexibility index (Phi) is 2.93. The smallest absolute Gasteiger partial charge is 0.354 e. The molecule has 1 aliphatic heterocycles. The van der Waals surface area contributed by atoms with Crippen LogP contribution in [-0.4, -0.2) is 31.3 Å². The van der Waals surface area contributed by atoms with Gasteiger partial charge in [0.25, 0.3) is 0 Å². The molecule has 0 aliphatic carbocycles. The first-order chi connectivity index (χ1) is 8.79. The van der Waals surface area contributed by atoms with Gasteiger partial charge in [-0.25, -0.2) is 4.79 Å². The molecular formula is C13H13NO3S. The summed E-state index contributed by atoms with van der Waals surface area (Å²) in [6.45, 7) is 1.42. The Morgan fingerprint density at radius 3 is 3.17 bits per heavy atom. The maximum Gasteiger partial charge on any atom is 0.354 e. The summed E-state index contributed by atoms with van der Waals surface area (Å²) in [4.78, 5) is 14.6. The zero-order valence-corrected chi connectivity index (χ0v) is 10.8. The summed E-state index contributed by atoms with van der Waals surface area (Å²) in [6, 6.07) is 1.84. The Hall–Kier alpha value is -1.59. The number of carbonyl (C=O) groups excluding carboxylic acids is 1. The van der Waals surface area contributed by atoms with Crippen molar-refractivity contribution in [3.05, 3.63) is 28.8 Å². The van der Waals surface area contributed by atoms with Crippen molar-refractivity contribution < 1.29 is 14.3 Å². The molecule has 0 fully saturated rings. The minimum Gasteiger partial charge on any atom is -0.464 e. The van der Waals surface area contributed by atoms with E-state index in [4.69, 9.17) is 9.47 Å². The van der Waals surface area contributed by atoms with Crippen LogP contribution in [0.1, 0.15) is 22.5 Å². The molecule has 94 valence electrons. The first-order valence-electron chi connectivity index (χ1n) is 5.75. The van der Waals surface area contributed by atoms with Gasteiger partial charge in [-0.2, -0.15) is 0 Å². The number of methoxy groups -OCH3 is 1. The molecule has 0 aromatic carbocycles. The van der Waals surface area contributed by atoms with E-state index >= 15 is 0 Å². The maximum atomic E-state index is 11.5. The van der Waals surface area contributed by atoms with E-state index in [0.29, 0.717) is 12.3 Å². The summed E-state index contributed by atoms with van der Waals surface area (Å²) >= 11 is 1.64. The molecule has 0 bridgehead atoms. The number of H-pyrrole nitrogens is 1. The number of rotatable bonds is 2. The van der Waals surface area contributed by atoms with E-state index < -0.39 is 0 Å². The van der Waals surface area contributed by atoms with Crippen molar-refractivity contribution >= 4 is 33.1 Å². The molecule has 2 aromatic heterocycles. The molecule has 1 N–H and O–H groups in total. The highest BCUT2D eigenvalue weighted by atomic mass is 32.1. The molecular weight excluding hydrogens is 250 g/mol. The minimum absolute atomic E-state index is 0.328. The van der Waals surface area contributed by atoms with Crippen LogP contribution in [0.5, 0.6) is 0 Å². The Balaban J connectivity index is 2.05. The number of hydrogen-bond donors (Lipinski definition) is 1. The lowest BCUT2D eigenvalue weighted by molar-refractivity contribution is 0.0595. The molecule has 0 saturated carbocycles. The van der Waals surface area contributed by atoms with Gasteiger partial charge in [-0.15, -0.1) is 11.3 Å². The van der Waals surface area contributed by atoms with Gasteiger partial charge in [-0.1, -0.05) is 6.08 Å². The zero-order valence-electron chi connectivity index (χ0n) is 9.99. The zero-order chi connectivity index (χ0) is 12.5. The summed E-state index contributed by atoms with van der Waals surface area (Å²) in [5.74, 6) is -0.328.